The molecule has 7 heteroatoms. The molecule has 0 bridgehead atoms. The minimum Gasteiger partial charge on any atom is -0.416 e. The molecule has 0 atom stereocenters. The Morgan fingerprint density at radius 2 is 2.16 bits per heavy atom. The summed E-state index contributed by atoms with van der Waals surface area (Å²) in [4.78, 5) is 8.81. The third kappa shape index (κ3) is 3.05. The maximum atomic E-state index is 12.3. The van der Waals surface area contributed by atoms with E-state index in [2.05, 4.69) is 14.7 Å². The number of aliphatic hydroxyl groups excluding tert-OH is 1. The third-order valence-corrected chi connectivity index (χ3v) is 3.63. The van der Waals surface area contributed by atoms with Crippen molar-refractivity contribution in [3.8, 4) is 16.5 Å². The van der Waals surface area contributed by atoms with Gasteiger partial charge < -0.3 is 9.84 Å². The molecule has 2 rings (SSSR count). The molecule has 0 aromatic carbocycles. The molecule has 0 amide bonds. The monoisotopic (exact) mass is 286 g/mol. The highest BCUT2D eigenvalue weighted by Gasteiger charge is 2.17. The first kappa shape index (κ1) is 13.8. The van der Waals surface area contributed by atoms with Gasteiger partial charge in [-0.2, -0.15) is 8.78 Å². The third-order valence-electron chi connectivity index (χ3n) is 2.46. The van der Waals surface area contributed by atoms with E-state index in [9.17, 15) is 8.78 Å². The minimum atomic E-state index is -2.94. The van der Waals surface area contributed by atoms with E-state index in [-0.39, 0.29) is 12.5 Å². The van der Waals surface area contributed by atoms with E-state index in [0.717, 1.165) is 5.56 Å². The molecule has 0 saturated carbocycles. The number of ether oxygens (including phenoxy) is 1. The number of pyridine rings is 1. The Bertz CT molecular complexity index is 587. The van der Waals surface area contributed by atoms with Gasteiger partial charge in [-0.3, -0.25) is 0 Å². The average Bonchev–Trinajstić information content (AvgIpc) is 2.72. The van der Waals surface area contributed by atoms with Crippen LogP contribution < -0.4 is 4.74 Å². The van der Waals surface area contributed by atoms with Gasteiger partial charge in [0, 0.05) is 6.20 Å². The number of hydrogen-bond donors (Lipinski definition) is 1. The summed E-state index contributed by atoms with van der Waals surface area (Å²) in [6.07, 6.45) is 1.45. The van der Waals surface area contributed by atoms with Crippen LogP contribution in [0.15, 0.2) is 12.3 Å². The number of aromatic nitrogens is 2. The lowest BCUT2D eigenvalue weighted by Crippen LogP contribution is -2.05. The number of hydrogen-bond acceptors (Lipinski definition) is 5. The minimum absolute atomic E-state index is 0.131. The van der Waals surface area contributed by atoms with E-state index >= 15 is 0 Å². The summed E-state index contributed by atoms with van der Waals surface area (Å²) < 4.78 is 29.1. The molecule has 0 unspecified atom stereocenters. The van der Waals surface area contributed by atoms with Crippen molar-refractivity contribution in [1.29, 1.82) is 0 Å². The predicted octanol–water partition coefficient (Wildman–Crippen LogP) is 2.92. The van der Waals surface area contributed by atoms with Gasteiger partial charge in [-0.25, -0.2) is 9.97 Å². The van der Waals surface area contributed by atoms with Gasteiger partial charge in [-0.1, -0.05) is 0 Å². The van der Waals surface area contributed by atoms with Crippen LogP contribution in [0.4, 0.5) is 8.78 Å². The number of halogens is 2. The first-order valence-corrected chi connectivity index (χ1v) is 6.32. The first-order chi connectivity index (χ1) is 9.01. The highest BCUT2D eigenvalue weighted by atomic mass is 32.1. The zero-order valence-corrected chi connectivity index (χ0v) is 11.2. The topological polar surface area (TPSA) is 55.2 Å². The van der Waals surface area contributed by atoms with E-state index < -0.39 is 6.61 Å². The lowest BCUT2D eigenvalue weighted by molar-refractivity contribution is -0.0524. The van der Waals surface area contributed by atoms with Gasteiger partial charge >= 0.3 is 6.61 Å². The zero-order chi connectivity index (χ0) is 14.0. The molecule has 4 nitrogen and oxygen atoms in total. The second-order valence-corrected chi connectivity index (χ2v) is 5.01. The summed E-state index contributed by atoms with van der Waals surface area (Å²) in [5.74, 6) is -0.154. The molecule has 0 aliphatic carbocycles. The summed E-state index contributed by atoms with van der Waals surface area (Å²) in [6.45, 7) is 0.485. The molecule has 0 radical (unpaired) electrons. The van der Waals surface area contributed by atoms with Crippen LogP contribution >= 0.6 is 11.3 Å². The van der Waals surface area contributed by atoms with Crippen molar-refractivity contribution in [2.75, 3.05) is 0 Å². The van der Waals surface area contributed by atoms with Gasteiger partial charge in [0.2, 0.25) is 5.88 Å². The van der Waals surface area contributed by atoms with Crippen molar-refractivity contribution in [3.63, 3.8) is 0 Å². The molecule has 0 fully saturated rings. The standard InChI is InChI=1S/C12H12F2N2O2S/c1-6-3-8(10(15-4-6)18-12(13)14)11-16-7(2)9(5-17)19-11/h3-4,12,17H,5H2,1-2H3. The fourth-order valence-electron chi connectivity index (χ4n) is 1.58. The highest BCUT2D eigenvalue weighted by Crippen LogP contribution is 2.34. The van der Waals surface area contributed by atoms with Crippen LogP contribution in [0.3, 0.4) is 0 Å². The Kier molecular flexibility index (Phi) is 4.06. The van der Waals surface area contributed by atoms with E-state index in [0.29, 0.717) is 21.1 Å². The van der Waals surface area contributed by atoms with Crippen LogP contribution in [-0.2, 0) is 6.61 Å². The van der Waals surface area contributed by atoms with Crippen LogP contribution in [0.1, 0.15) is 16.1 Å². The van der Waals surface area contributed by atoms with E-state index in [1.807, 2.05) is 0 Å². The van der Waals surface area contributed by atoms with Crippen molar-refractivity contribution in [1.82, 2.24) is 9.97 Å². The summed E-state index contributed by atoms with van der Waals surface area (Å²) in [6, 6.07) is 1.68. The fourth-order valence-corrected chi connectivity index (χ4v) is 2.51. The molecule has 0 aliphatic heterocycles. The predicted molar refractivity (Wildman–Crippen MR) is 67.4 cm³/mol. The summed E-state index contributed by atoms with van der Waals surface area (Å²) in [7, 11) is 0. The van der Waals surface area contributed by atoms with Crippen molar-refractivity contribution in [2.24, 2.45) is 0 Å². The van der Waals surface area contributed by atoms with Crippen LogP contribution in [0.5, 0.6) is 5.88 Å². The van der Waals surface area contributed by atoms with Gasteiger partial charge in [-0.05, 0) is 25.5 Å². The molecule has 1 N–H and O–H groups in total. The molecule has 2 heterocycles. The van der Waals surface area contributed by atoms with Gasteiger partial charge in [-0.15, -0.1) is 11.3 Å². The van der Waals surface area contributed by atoms with Crippen molar-refractivity contribution >= 4 is 11.3 Å². The number of aryl methyl sites for hydroxylation is 2. The van der Waals surface area contributed by atoms with Crippen LogP contribution in [0, 0.1) is 13.8 Å². The molecular weight excluding hydrogens is 274 g/mol. The Labute approximate surface area is 112 Å². The Morgan fingerprint density at radius 3 is 2.74 bits per heavy atom. The van der Waals surface area contributed by atoms with Crippen LogP contribution in [0.25, 0.3) is 10.6 Å². The Hall–Kier alpha value is -1.60. The maximum absolute atomic E-state index is 12.3. The molecule has 0 spiro atoms. The van der Waals surface area contributed by atoms with E-state index in [1.54, 1.807) is 19.9 Å². The molecule has 2 aromatic heterocycles. The molecule has 19 heavy (non-hydrogen) atoms. The summed E-state index contributed by atoms with van der Waals surface area (Å²) >= 11 is 1.24. The molecule has 102 valence electrons. The quantitative estimate of drug-likeness (QED) is 0.939. The SMILES string of the molecule is Cc1cnc(OC(F)F)c(-c2nc(C)c(CO)s2)c1. The molecule has 0 aliphatic rings. The van der Waals surface area contributed by atoms with Crippen molar-refractivity contribution < 1.29 is 18.6 Å². The first-order valence-electron chi connectivity index (χ1n) is 5.50. The van der Waals surface area contributed by atoms with Gasteiger partial charge in [0.25, 0.3) is 0 Å². The second kappa shape index (κ2) is 5.58. The van der Waals surface area contributed by atoms with Gasteiger partial charge in [0.05, 0.1) is 22.7 Å². The normalized spacial score (nSPS) is 11.1. The summed E-state index contributed by atoms with van der Waals surface area (Å²) in [5.41, 5.74) is 1.90. The van der Waals surface area contributed by atoms with Crippen molar-refractivity contribution in [2.45, 2.75) is 27.1 Å². The fraction of sp³-hybridized carbons (Fsp3) is 0.333. The second-order valence-electron chi connectivity index (χ2n) is 3.93. The van der Waals surface area contributed by atoms with E-state index in [4.69, 9.17) is 5.11 Å². The number of alkyl halides is 2. The Balaban J connectivity index is 2.49. The van der Waals surface area contributed by atoms with E-state index in [1.165, 1.54) is 17.5 Å². The number of nitrogens with zero attached hydrogens (tertiary/aromatic N) is 2. The lowest BCUT2D eigenvalue weighted by atomic mass is 10.2. The lowest BCUT2D eigenvalue weighted by Gasteiger charge is -2.08. The zero-order valence-electron chi connectivity index (χ0n) is 10.4. The average molecular weight is 286 g/mol. The van der Waals surface area contributed by atoms with Crippen LogP contribution in [-0.4, -0.2) is 21.7 Å². The van der Waals surface area contributed by atoms with Gasteiger partial charge in [0.15, 0.2) is 0 Å². The molecular formula is C12H12F2N2O2S. The largest absolute Gasteiger partial charge is 0.416 e. The number of rotatable bonds is 4. The highest BCUT2D eigenvalue weighted by molar-refractivity contribution is 7.15. The number of aliphatic hydroxyl groups is 1. The van der Waals surface area contributed by atoms with Crippen LogP contribution in [0.2, 0.25) is 0 Å². The summed E-state index contributed by atoms with van der Waals surface area (Å²) in [5, 5.41) is 9.66. The maximum Gasteiger partial charge on any atom is 0.388 e. The molecule has 2 aromatic rings. The molecule has 0 saturated heterocycles. The van der Waals surface area contributed by atoms with Crippen molar-refractivity contribution in [3.05, 3.63) is 28.4 Å². The Morgan fingerprint density at radius 1 is 1.42 bits per heavy atom. The van der Waals surface area contributed by atoms with Gasteiger partial charge in [0.1, 0.15) is 5.01 Å². The number of thiazole rings is 1. The smallest absolute Gasteiger partial charge is 0.388 e.